The Bertz CT molecular complexity index is 347. The first-order valence-electron chi connectivity index (χ1n) is 7.35. The highest BCUT2D eigenvalue weighted by Gasteiger charge is 2.28. The molecule has 0 aliphatic heterocycles. The van der Waals surface area contributed by atoms with Crippen molar-refractivity contribution in [2.24, 2.45) is 11.8 Å². The van der Waals surface area contributed by atoms with Crippen molar-refractivity contribution in [3.8, 4) is 0 Å². The highest BCUT2D eigenvalue weighted by Crippen LogP contribution is 2.31. The molecule has 1 N–H and O–H groups in total. The van der Waals surface area contributed by atoms with Gasteiger partial charge in [-0.2, -0.15) is 0 Å². The van der Waals surface area contributed by atoms with E-state index in [-0.39, 0.29) is 0 Å². The van der Waals surface area contributed by atoms with Crippen LogP contribution in [-0.2, 0) is 0 Å². The van der Waals surface area contributed by atoms with Gasteiger partial charge in [-0.15, -0.1) is 0 Å². The van der Waals surface area contributed by atoms with Gasteiger partial charge in [0.15, 0.2) is 0 Å². The molecule has 0 spiro atoms. The Labute approximate surface area is 111 Å². The Kier molecular flexibility index (Phi) is 4.76. The van der Waals surface area contributed by atoms with Gasteiger partial charge in [0.25, 0.3) is 0 Å². The smallest absolute Gasteiger partial charge is 0.0570 e. The molecule has 0 bridgehead atoms. The van der Waals surface area contributed by atoms with Crippen LogP contribution in [0, 0.1) is 11.8 Å². The molecule has 2 nitrogen and oxygen atoms in total. The van der Waals surface area contributed by atoms with Gasteiger partial charge in [0.2, 0.25) is 0 Å². The van der Waals surface area contributed by atoms with Crippen molar-refractivity contribution >= 4 is 0 Å². The number of pyridine rings is 1. The van der Waals surface area contributed by atoms with Crippen molar-refractivity contribution in [2.75, 3.05) is 0 Å². The van der Waals surface area contributed by atoms with Crippen LogP contribution in [0.4, 0.5) is 0 Å². The molecule has 1 aliphatic carbocycles. The number of hydrogen-bond donors (Lipinski definition) is 1. The predicted octanol–water partition coefficient (Wildman–Crippen LogP) is 3.95. The maximum Gasteiger partial charge on any atom is 0.0570 e. The zero-order valence-electron chi connectivity index (χ0n) is 11.9. The molecule has 1 fully saturated rings. The van der Waals surface area contributed by atoms with E-state index in [0.29, 0.717) is 12.1 Å². The summed E-state index contributed by atoms with van der Waals surface area (Å²) in [5, 5.41) is 3.80. The lowest BCUT2D eigenvalue weighted by Crippen LogP contribution is -2.42. The van der Waals surface area contributed by atoms with Crippen LogP contribution in [-0.4, -0.2) is 11.0 Å². The van der Waals surface area contributed by atoms with Gasteiger partial charge in [-0.25, -0.2) is 0 Å². The monoisotopic (exact) mass is 246 g/mol. The van der Waals surface area contributed by atoms with E-state index in [1.54, 1.807) is 0 Å². The number of nitrogens with zero attached hydrogens (tertiary/aromatic N) is 1. The van der Waals surface area contributed by atoms with Gasteiger partial charge in [0.05, 0.1) is 5.69 Å². The predicted molar refractivity (Wildman–Crippen MR) is 76.4 cm³/mol. The van der Waals surface area contributed by atoms with E-state index in [0.717, 1.165) is 17.5 Å². The van der Waals surface area contributed by atoms with E-state index < -0.39 is 0 Å². The Morgan fingerprint density at radius 3 is 2.61 bits per heavy atom. The molecule has 0 aromatic carbocycles. The largest absolute Gasteiger partial charge is 0.306 e. The van der Waals surface area contributed by atoms with Crippen LogP contribution in [0.15, 0.2) is 24.4 Å². The van der Waals surface area contributed by atoms with Gasteiger partial charge in [-0.05, 0) is 43.7 Å². The molecule has 100 valence electrons. The number of rotatable bonds is 4. The second-order valence-corrected chi connectivity index (χ2v) is 5.94. The standard InChI is InChI=1S/C16H26N2/c1-12(2)14-8-4-5-10-16(14)18-13(3)15-9-6-7-11-17-15/h6-7,9,11-14,16,18H,4-5,8,10H2,1-3H3/t13-,14?,16?/m0/s1. The molecule has 2 unspecified atom stereocenters. The van der Waals surface area contributed by atoms with Crippen LogP contribution < -0.4 is 5.32 Å². The summed E-state index contributed by atoms with van der Waals surface area (Å²) in [6.07, 6.45) is 7.35. The average molecular weight is 246 g/mol. The summed E-state index contributed by atoms with van der Waals surface area (Å²) in [6, 6.07) is 7.19. The molecule has 18 heavy (non-hydrogen) atoms. The van der Waals surface area contributed by atoms with E-state index in [2.05, 4.69) is 43.2 Å². The quantitative estimate of drug-likeness (QED) is 0.870. The third-order valence-corrected chi connectivity index (χ3v) is 4.27. The number of nitrogens with one attached hydrogen (secondary N) is 1. The maximum atomic E-state index is 4.45. The molecular formula is C16H26N2. The summed E-state index contributed by atoms with van der Waals surface area (Å²) in [5.41, 5.74) is 1.16. The van der Waals surface area contributed by atoms with E-state index in [4.69, 9.17) is 0 Å². The topological polar surface area (TPSA) is 24.9 Å². The SMILES string of the molecule is CC(C)C1CCCCC1N[C@@H](C)c1ccccn1. The third kappa shape index (κ3) is 3.32. The molecule has 0 amide bonds. The molecule has 2 rings (SSSR count). The van der Waals surface area contributed by atoms with Crippen LogP contribution in [0.5, 0.6) is 0 Å². The fourth-order valence-corrected chi connectivity index (χ4v) is 3.20. The lowest BCUT2D eigenvalue weighted by molar-refractivity contribution is 0.194. The highest BCUT2D eigenvalue weighted by atomic mass is 15.0. The van der Waals surface area contributed by atoms with Crippen LogP contribution in [0.1, 0.15) is 58.2 Å². The van der Waals surface area contributed by atoms with Gasteiger partial charge >= 0.3 is 0 Å². The van der Waals surface area contributed by atoms with Crippen LogP contribution >= 0.6 is 0 Å². The summed E-state index contributed by atoms with van der Waals surface area (Å²) >= 11 is 0. The Morgan fingerprint density at radius 2 is 1.94 bits per heavy atom. The van der Waals surface area contributed by atoms with Crippen molar-refractivity contribution in [1.82, 2.24) is 10.3 Å². The Balaban J connectivity index is 1.99. The van der Waals surface area contributed by atoms with Crippen molar-refractivity contribution in [1.29, 1.82) is 0 Å². The average Bonchev–Trinajstić information content (AvgIpc) is 2.40. The van der Waals surface area contributed by atoms with Crippen LogP contribution in [0.25, 0.3) is 0 Å². The summed E-state index contributed by atoms with van der Waals surface area (Å²) in [6.45, 7) is 6.94. The van der Waals surface area contributed by atoms with Gasteiger partial charge < -0.3 is 5.32 Å². The van der Waals surface area contributed by atoms with Crippen molar-refractivity contribution in [2.45, 2.75) is 58.5 Å². The Morgan fingerprint density at radius 1 is 1.17 bits per heavy atom. The van der Waals surface area contributed by atoms with Crippen LogP contribution in [0.3, 0.4) is 0 Å². The lowest BCUT2D eigenvalue weighted by Gasteiger charge is -2.36. The zero-order chi connectivity index (χ0) is 13.0. The van der Waals surface area contributed by atoms with Crippen molar-refractivity contribution in [3.63, 3.8) is 0 Å². The first-order valence-corrected chi connectivity index (χ1v) is 7.35. The van der Waals surface area contributed by atoms with E-state index in [1.807, 2.05) is 12.3 Å². The van der Waals surface area contributed by atoms with E-state index in [9.17, 15) is 0 Å². The third-order valence-electron chi connectivity index (χ3n) is 4.27. The van der Waals surface area contributed by atoms with Gasteiger partial charge in [-0.1, -0.05) is 32.8 Å². The van der Waals surface area contributed by atoms with Gasteiger partial charge in [-0.3, -0.25) is 4.98 Å². The minimum Gasteiger partial charge on any atom is -0.306 e. The molecule has 0 radical (unpaired) electrons. The first-order chi connectivity index (χ1) is 8.68. The van der Waals surface area contributed by atoms with E-state index >= 15 is 0 Å². The fourth-order valence-electron chi connectivity index (χ4n) is 3.20. The Hall–Kier alpha value is -0.890. The molecule has 1 aliphatic rings. The second-order valence-electron chi connectivity index (χ2n) is 5.94. The summed E-state index contributed by atoms with van der Waals surface area (Å²) < 4.78 is 0. The van der Waals surface area contributed by atoms with E-state index in [1.165, 1.54) is 25.7 Å². The maximum absolute atomic E-state index is 4.45. The minimum absolute atomic E-state index is 0.357. The molecular weight excluding hydrogens is 220 g/mol. The summed E-state index contributed by atoms with van der Waals surface area (Å²) in [4.78, 5) is 4.45. The van der Waals surface area contributed by atoms with Gasteiger partial charge in [0, 0.05) is 18.3 Å². The molecule has 1 heterocycles. The highest BCUT2D eigenvalue weighted by molar-refractivity contribution is 5.08. The normalized spacial score (nSPS) is 26.2. The summed E-state index contributed by atoms with van der Waals surface area (Å²) in [7, 11) is 0. The van der Waals surface area contributed by atoms with Crippen molar-refractivity contribution in [3.05, 3.63) is 30.1 Å². The van der Waals surface area contributed by atoms with Crippen molar-refractivity contribution < 1.29 is 0 Å². The van der Waals surface area contributed by atoms with Crippen LogP contribution in [0.2, 0.25) is 0 Å². The molecule has 1 aromatic heterocycles. The molecule has 0 saturated heterocycles. The molecule has 3 atom stereocenters. The lowest BCUT2D eigenvalue weighted by atomic mass is 9.77. The number of aromatic nitrogens is 1. The van der Waals surface area contributed by atoms with Gasteiger partial charge in [0.1, 0.15) is 0 Å². The second kappa shape index (κ2) is 6.33. The first kappa shape index (κ1) is 13.5. The summed E-state index contributed by atoms with van der Waals surface area (Å²) in [5.74, 6) is 1.60. The minimum atomic E-state index is 0.357. The zero-order valence-corrected chi connectivity index (χ0v) is 11.9. The molecule has 1 aromatic rings. The number of hydrogen-bond acceptors (Lipinski definition) is 2. The molecule has 2 heteroatoms. The molecule has 1 saturated carbocycles. The fraction of sp³-hybridized carbons (Fsp3) is 0.688.